The summed E-state index contributed by atoms with van der Waals surface area (Å²) in [6.45, 7) is 4.63. The molecule has 2 heterocycles. The van der Waals surface area contributed by atoms with Crippen LogP contribution >= 0.6 is 11.3 Å². The van der Waals surface area contributed by atoms with Crippen molar-refractivity contribution in [3.63, 3.8) is 0 Å². The highest BCUT2D eigenvalue weighted by molar-refractivity contribution is 7.89. The van der Waals surface area contributed by atoms with Crippen LogP contribution in [0.2, 0.25) is 0 Å². The van der Waals surface area contributed by atoms with Gasteiger partial charge >= 0.3 is 0 Å². The van der Waals surface area contributed by atoms with Crippen LogP contribution in [-0.4, -0.2) is 32.8 Å². The molecule has 108 valence electrons. The molecule has 0 radical (unpaired) electrons. The van der Waals surface area contributed by atoms with E-state index >= 15 is 0 Å². The van der Waals surface area contributed by atoms with Crippen molar-refractivity contribution in [2.45, 2.75) is 37.8 Å². The van der Waals surface area contributed by atoms with Crippen molar-refractivity contribution >= 4 is 21.4 Å². The summed E-state index contributed by atoms with van der Waals surface area (Å²) >= 11 is 1.27. The van der Waals surface area contributed by atoms with Crippen LogP contribution in [0.1, 0.15) is 23.8 Å². The molecule has 19 heavy (non-hydrogen) atoms. The van der Waals surface area contributed by atoms with Crippen LogP contribution < -0.4 is 4.72 Å². The van der Waals surface area contributed by atoms with Crippen LogP contribution in [0, 0.1) is 12.8 Å². The zero-order valence-corrected chi connectivity index (χ0v) is 12.7. The zero-order chi connectivity index (χ0) is 14.0. The van der Waals surface area contributed by atoms with Crippen LogP contribution in [0.5, 0.6) is 0 Å². The van der Waals surface area contributed by atoms with Crippen molar-refractivity contribution in [3.8, 4) is 0 Å². The number of aryl methyl sites for hydroxylation is 1. The molecule has 0 spiro atoms. The minimum Gasteiger partial charge on any atom is -0.391 e. The van der Waals surface area contributed by atoms with Gasteiger partial charge in [0.1, 0.15) is 4.90 Å². The molecular formula is C12H19NO4S2. The maximum absolute atomic E-state index is 12.4. The van der Waals surface area contributed by atoms with E-state index in [0.717, 1.165) is 6.42 Å². The molecule has 2 N–H and O–H groups in total. The highest BCUT2D eigenvalue weighted by Crippen LogP contribution is 2.28. The van der Waals surface area contributed by atoms with Crippen LogP contribution in [0.3, 0.4) is 0 Å². The van der Waals surface area contributed by atoms with E-state index in [-0.39, 0.29) is 23.5 Å². The molecule has 1 fully saturated rings. The van der Waals surface area contributed by atoms with Gasteiger partial charge in [-0.2, -0.15) is 0 Å². The average Bonchev–Trinajstić information content (AvgIpc) is 2.96. The van der Waals surface area contributed by atoms with E-state index in [1.807, 2.05) is 6.92 Å². The first-order valence-electron chi connectivity index (χ1n) is 6.23. The fourth-order valence-corrected chi connectivity index (χ4v) is 5.28. The van der Waals surface area contributed by atoms with Gasteiger partial charge in [0.25, 0.3) is 0 Å². The summed E-state index contributed by atoms with van der Waals surface area (Å²) in [5, 5.41) is 11.0. The predicted molar refractivity (Wildman–Crippen MR) is 73.7 cm³/mol. The molecule has 1 aliphatic heterocycles. The molecule has 0 aromatic carbocycles. The van der Waals surface area contributed by atoms with Gasteiger partial charge in [0, 0.05) is 18.6 Å². The Bertz CT molecular complexity index is 532. The van der Waals surface area contributed by atoms with E-state index in [0.29, 0.717) is 23.7 Å². The van der Waals surface area contributed by atoms with E-state index in [1.165, 1.54) is 11.3 Å². The van der Waals surface area contributed by atoms with Crippen molar-refractivity contribution in [1.82, 2.24) is 4.72 Å². The van der Waals surface area contributed by atoms with E-state index in [9.17, 15) is 13.5 Å². The monoisotopic (exact) mass is 305 g/mol. The first-order chi connectivity index (χ1) is 8.95. The standard InChI is InChI=1S/C12H19NO4S2/c1-8-7-18-11(5-14)12(8)19(15,16)13-9(2)10-3-4-17-6-10/h7,9-10,13-14H,3-6H2,1-2H3. The van der Waals surface area contributed by atoms with Crippen molar-refractivity contribution in [1.29, 1.82) is 0 Å². The Morgan fingerprint density at radius 2 is 2.37 bits per heavy atom. The third kappa shape index (κ3) is 3.17. The normalized spacial score (nSPS) is 21.7. The molecule has 5 nitrogen and oxygen atoms in total. The quantitative estimate of drug-likeness (QED) is 0.858. The fourth-order valence-electron chi connectivity index (χ4n) is 2.30. The minimum absolute atomic E-state index is 0.168. The van der Waals surface area contributed by atoms with Gasteiger partial charge < -0.3 is 9.84 Å². The number of aliphatic hydroxyl groups is 1. The van der Waals surface area contributed by atoms with Crippen molar-refractivity contribution < 1.29 is 18.3 Å². The molecule has 0 amide bonds. The Morgan fingerprint density at radius 3 is 2.95 bits per heavy atom. The highest BCUT2D eigenvalue weighted by Gasteiger charge is 2.29. The molecule has 1 aliphatic rings. The summed E-state index contributed by atoms with van der Waals surface area (Å²) in [4.78, 5) is 0.714. The maximum Gasteiger partial charge on any atom is 0.242 e. The number of aliphatic hydroxyl groups excluding tert-OH is 1. The number of hydrogen-bond acceptors (Lipinski definition) is 5. The molecule has 1 saturated heterocycles. The SMILES string of the molecule is Cc1csc(CO)c1S(=O)(=O)NC(C)C1CCOC1. The van der Waals surface area contributed by atoms with Gasteiger partial charge in [0.2, 0.25) is 10.0 Å². The van der Waals surface area contributed by atoms with Crippen LogP contribution in [0.15, 0.2) is 10.3 Å². The molecule has 0 aliphatic carbocycles. The Hall–Kier alpha value is -0.470. The number of hydrogen-bond donors (Lipinski definition) is 2. The number of nitrogens with one attached hydrogen (secondary N) is 1. The Morgan fingerprint density at radius 1 is 1.63 bits per heavy atom. The summed E-state index contributed by atoms with van der Waals surface area (Å²) in [6, 6.07) is -0.168. The van der Waals surface area contributed by atoms with Crippen molar-refractivity contribution in [2.24, 2.45) is 5.92 Å². The molecule has 1 aromatic rings. The smallest absolute Gasteiger partial charge is 0.242 e. The summed E-state index contributed by atoms with van der Waals surface area (Å²) in [7, 11) is -3.58. The van der Waals surface area contributed by atoms with Gasteiger partial charge in [0.15, 0.2) is 0 Å². The third-order valence-corrected chi connectivity index (χ3v) is 6.42. The summed E-state index contributed by atoms with van der Waals surface area (Å²) < 4.78 is 32.8. The Labute approximate surface area is 117 Å². The molecule has 1 aromatic heterocycles. The van der Waals surface area contributed by atoms with Crippen LogP contribution in [0.25, 0.3) is 0 Å². The van der Waals surface area contributed by atoms with Crippen molar-refractivity contribution in [2.75, 3.05) is 13.2 Å². The second-order valence-corrected chi connectivity index (χ2v) is 7.48. The molecule has 2 atom stereocenters. The summed E-state index contributed by atoms with van der Waals surface area (Å²) in [6.07, 6.45) is 0.874. The lowest BCUT2D eigenvalue weighted by atomic mass is 10.0. The topological polar surface area (TPSA) is 75.6 Å². The zero-order valence-electron chi connectivity index (χ0n) is 11.0. The van der Waals surface area contributed by atoms with E-state index in [2.05, 4.69) is 4.72 Å². The minimum atomic E-state index is -3.58. The Balaban J connectivity index is 2.19. The van der Waals surface area contributed by atoms with Crippen LogP contribution in [0.4, 0.5) is 0 Å². The van der Waals surface area contributed by atoms with E-state index < -0.39 is 10.0 Å². The molecule has 2 unspecified atom stereocenters. The number of thiophene rings is 1. The van der Waals surface area contributed by atoms with E-state index in [1.54, 1.807) is 12.3 Å². The molecular weight excluding hydrogens is 286 g/mol. The lowest BCUT2D eigenvalue weighted by molar-refractivity contribution is 0.180. The lowest BCUT2D eigenvalue weighted by Crippen LogP contribution is -2.38. The number of sulfonamides is 1. The average molecular weight is 305 g/mol. The van der Waals surface area contributed by atoms with Gasteiger partial charge in [-0.3, -0.25) is 0 Å². The van der Waals surface area contributed by atoms with Gasteiger partial charge in [-0.15, -0.1) is 11.3 Å². The second-order valence-electron chi connectivity index (χ2n) is 4.86. The van der Waals surface area contributed by atoms with Crippen LogP contribution in [-0.2, 0) is 21.4 Å². The van der Waals surface area contributed by atoms with Gasteiger partial charge in [0.05, 0.1) is 18.1 Å². The number of ether oxygens (including phenoxy) is 1. The first-order valence-corrected chi connectivity index (χ1v) is 8.60. The van der Waals surface area contributed by atoms with Crippen molar-refractivity contribution in [3.05, 3.63) is 15.8 Å². The molecule has 0 bridgehead atoms. The molecule has 2 rings (SSSR count). The van der Waals surface area contributed by atoms with E-state index in [4.69, 9.17) is 4.74 Å². The van der Waals surface area contributed by atoms with Gasteiger partial charge in [-0.25, -0.2) is 13.1 Å². The molecule has 0 saturated carbocycles. The maximum atomic E-state index is 12.4. The predicted octanol–water partition coefficient (Wildman–Crippen LogP) is 1.25. The summed E-state index contributed by atoms with van der Waals surface area (Å²) in [5.74, 6) is 0.214. The Kier molecular flexibility index (Phi) is 4.62. The highest BCUT2D eigenvalue weighted by atomic mass is 32.2. The fraction of sp³-hybridized carbons (Fsp3) is 0.667. The second kappa shape index (κ2) is 5.88. The summed E-state index contributed by atoms with van der Waals surface area (Å²) in [5.41, 5.74) is 0.677. The third-order valence-electron chi connectivity index (χ3n) is 3.41. The first kappa shape index (κ1) is 14.9. The largest absolute Gasteiger partial charge is 0.391 e. The number of rotatable bonds is 5. The lowest BCUT2D eigenvalue weighted by Gasteiger charge is -2.19. The van der Waals surface area contributed by atoms with Gasteiger partial charge in [-0.1, -0.05) is 0 Å². The molecule has 7 heteroatoms. The van der Waals surface area contributed by atoms with Gasteiger partial charge in [-0.05, 0) is 31.2 Å².